The van der Waals surface area contributed by atoms with E-state index in [0.29, 0.717) is 6.42 Å². The van der Waals surface area contributed by atoms with Crippen LogP contribution >= 0.6 is 0 Å². The summed E-state index contributed by atoms with van der Waals surface area (Å²) < 4.78 is 9.54. The van der Waals surface area contributed by atoms with Crippen molar-refractivity contribution in [3.05, 3.63) is 0 Å². The summed E-state index contributed by atoms with van der Waals surface area (Å²) in [6.07, 6.45) is -0.270. The number of hydrogen-bond donors (Lipinski definition) is 1. The Hall–Kier alpha value is -1.26. The van der Waals surface area contributed by atoms with Crippen LogP contribution in [0.1, 0.15) is 41.0 Å². The molecule has 0 saturated heterocycles. The second-order valence-electron chi connectivity index (χ2n) is 5.58. The van der Waals surface area contributed by atoms with E-state index < -0.39 is 24.3 Å². The van der Waals surface area contributed by atoms with Crippen molar-refractivity contribution < 1.29 is 19.1 Å². The van der Waals surface area contributed by atoms with Gasteiger partial charge in [0.2, 0.25) is 0 Å². The first-order valence-corrected chi connectivity index (χ1v) is 5.16. The highest BCUT2D eigenvalue weighted by Crippen LogP contribution is 2.29. The molecule has 0 atom stereocenters. The van der Waals surface area contributed by atoms with E-state index in [9.17, 15) is 9.59 Å². The molecule has 5 nitrogen and oxygen atoms in total. The Balaban J connectivity index is 4.15. The van der Waals surface area contributed by atoms with Gasteiger partial charge in [-0.25, -0.2) is 9.59 Å². The standard InChI is InChI=1S/C11H21NO4/c1-10(2,3)7-11(4,5)16-8(13)6-15-9(12)14/h6-7H2,1-5H3,(H2,12,14). The van der Waals surface area contributed by atoms with E-state index >= 15 is 0 Å². The van der Waals surface area contributed by atoms with Crippen LogP contribution in [0.3, 0.4) is 0 Å². The Morgan fingerprint density at radius 1 is 1.12 bits per heavy atom. The van der Waals surface area contributed by atoms with Crippen molar-refractivity contribution in [2.24, 2.45) is 11.1 Å². The molecule has 0 fully saturated rings. The number of hydrogen-bond acceptors (Lipinski definition) is 4. The minimum absolute atomic E-state index is 0.0499. The highest BCUT2D eigenvalue weighted by molar-refractivity contribution is 5.75. The van der Waals surface area contributed by atoms with E-state index in [1.165, 1.54) is 0 Å². The predicted octanol–water partition coefficient (Wildman–Crippen LogP) is 1.84. The van der Waals surface area contributed by atoms with Gasteiger partial charge in [-0.1, -0.05) is 20.8 Å². The van der Waals surface area contributed by atoms with E-state index in [2.05, 4.69) is 25.5 Å². The molecule has 0 aromatic heterocycles. The molecule has 2 N–H and O–H groups in total. The van der Waals surface area contributed by atoms with Crippen LogP contribution in [0.15, 0.2) is 0 Å². The zero-order valence-corrected chi connectivity index (χ0v) is 10.6. The van der Waals surface area contributed by atoms with E-state index in [0.717, 1.165) is 0 Å². The van der Waals surface area contributed by atoms with E-state index in [4.69, 9.17) is 10.5 Å². The Kier molecular flexibility index (Phi) is 4.78. The van der Waals surface area contributed by atoms with Crippen LogP contribution in [-0.4, -0.2) is 24.3 Å². The predicted molar refractivity (Wildman–Crippen MR) is 59.8 cm³/mol. The smallest absolute Gasteiger partial charge is 0.405 e. The molecule has 16 heavy (non-hydrogen) atoms. The summed E-state index contributed by atoms with van der Waals surface area (Å²) in [6, 6.07) is 0. The molecular weight excluding hydrogens is 210 g/mol. The molecule has 0 bridgehead atoms. The number of ether oxygens (including phenoxy) is 2. The molecule has 5 heteroatoms. The summed E-state index contributed by atoms with van der Waals surface area (Å²) in [4.78, 5) is 21.6. The van der Waals surface area contributed by atoms with Crippen molar-refractivity contribution in [2.45, 2.75) is 46.6 Å². The summed E-state index contributed by atoms with van der Waals surface area (Å²) in [5.74, 6) is -0.590. The fourth-order valence-electron chi connectivity index (χ4n) is 1.78. The van der Waals surface area contributed by atoms with Gasteiger partial charge < -0.3 is 15.2 Å². The van der Waals surface area contributed by atoms with Crippen molar-refractivity contribution in [1.29, 1.82) is 0 Å². The van der Waals surface area contributed by atoms with Crippen molar-refractivity contribution in [1.82, 2.24) is 0 Å². The lowest BCUT2D eigenvalue weighted by Gasteiger charge is -2.31. The minimum atomic E-state index is -0.981. The van der Waals surface area contributed by atoms with E-state index in [1.54, 1.807) is 0 Å². The van der Waals surface area contributed by atoms with Crippen molar-refractivity contribution in [3.8, 4) is 0 Å². The number of carbonyl (C=O) groups is 2. The fraction of sp³-hybridized carbons (Fsp3) is 0.818. The largest absolute Gasteiger partial charge is 0.457 e. The lowest BCUT2D eigenvalue weighted by Crippen LogP contribution is -2.34. The van der Waals surface area contributed by atoms with Gasteiger partial charge in [0.1, 0.15) is 5.60 Å². The van der Waals surface area contributed by atoms with Gasteiger partial charge in [-0.15, -0.1) is 0 Å². The zero-order chi connectivity index (χ0) is 13.0. The maximum atomic E-state index is 11.3. The summed E-state index contributed by atoms with van der Waals surface area (Å²) in [7, 11) is 0. The second kappa shape index (κ2) is 5.18. The lowest BCUT2D eigenvalue weighted by atomic mass is 9.84. The lowest BCUT2D eigenvalue weighted by molar-refractivity contribution is -0.162. The zero-order valence-electron chi connectivity index (χ0n) is 10.6. The number of amides is 1. The summed E-state index contributed by atoms with van der Waals surface area (Å²) in [5, 5.41) is 0. The first-order chi connectivity index (χ1) is 7.02. The molecule has 0 aliphatic heterocycles. The van der Waals surface area contributed by atoms with E-state index in [-0.39, 0.29) is 5.41 Å². The molecule has 94 valence electrons. The third kappa shape index (κ3) is 8.08. The van der Waals surface area contributed by atoms with Crippen LogP contribution < -0.4 is 5.73 Å². The van der Waals surface area contributed by atoms with Gasteiger partial charge in [0.05, 0.1) is 0 Å². The van der Waals surface area contributed by atoms with Gasteiger partial charge in [0, 0.05) is 0 Å². The van der Waals surface area contributed by atoms with Crippen LogP contribution in [0.5, 0.6) is 0 Å². The molecule has 0 aromatic rings. The highest BCUT2D eigenvalue weighted by atomic mass is 16.6. The van der Waals surface area contributed by atoms with Crippen LogP contribution in [0.2, 0.25) is 0 Å². The quantitative estimate of drug-likeness (QED) is 0.749. The second-order valence-corrected chi connectivity index (χ2v) is 5.58. The van der Waals surface area contributed by atoms with Crippen molar-refractivity contribution >= 4 is 12.1 Å². The normalized spacial score (nSPS) is 12.1. The molecule has 1 amide bonds. The van der Waals surface area contributed by atoms with Gasteiger partial charge >= 0.3 is 12.1 Å². The molecule has 0 aliphatic rings. The number of primary amides is 1. The number of rotatable bonds is 4. The average molecular weight is 231 g/mol. The van der Waals surface area contributed by atoms with E-state index in [1.807, 2.05) is 13.8 Å². The topological polar surface area (TPSA) is 78.6 Å². The number of esters is 1. The maximum absolute atomic E-state index is 11.3. The Morgan fingerprint density at radius 2 is 1.62 bits per heavy atom. The summed E-state index contributed by atoms with van der Waals surface area (Å²) in [6.45, 7) is 9.37. The van der Waals surface area contributed by atoms with Crippen LogP contribution in [0.25, 0.3) is 0 Å². The van der Waals surface area contributed by atoms with Crippen molar-refractivity contribution in [3.63, 3.8) is 0 Å². The third-order valence-corrected chi connectivity index (χ3v) is 1.68. The Morgan fingerprint density at radius 3 is 2.00 bits per heavy atom. The molecule has 0 rings (SSSR count). The fourth-order valence-corrected chi connectivity index (χ4v) is 1.78. The molecule has 0 spiro atoms. The monoisotopic (exact) mass is 231 g/mol. The molecule has 0 aromatic carbocycles. The molecular formula is C11H21NO4. The van der Waals surface area contributed by atoms with Crippen LogP contribution in [-0.2, 0) is 14.3 Å². The third-order valence-electron chi connectivity index (χ3n) is 1.68. The highest BCUT2D eigenvalue weighted by Gasteiger charge is 2.29. The molecule has 0 saturated carbocycles. The van der Waals surface area contributed by atoms with Crippen LogP contribution in [0.4, 0.5) is 4.79 Å². The van der Waals surface area contributed by atoms with Gasteiger partial charge in [-0.05, 0) is 25.7 Å². The minimum Gasteiger partial charge on any atom is -0.457 e. The molecule has 0 heterocycles. The Labute approximate surface area is 96.3 Å². The number of nitrogens with two attached hydrogens (primary N) is 1. The molecule has 0 radical (unpaired) electrons. The number of carbonyl (C=O) groups excluding carboxylic acids is 2. The average Bonchev–Trinajstić information content (AvgIpc) is 1.94. The molecule has 0 unspecified atom stereocenters. The summed E-state index contributed by atoms with van der Waals surface area (Å²) in [5.41, 5.74) is 4.20. The Bertz CT molecular complexity index is 266. The van der Waals surface area contributed by atoms with Gasteiger partial charge in [-0.2, -0.15) is 0 Å². The summed E-state index contributed by atoms with van der Waals surface area (Å²) >= 11 is 0. The van der Waals surface area contributed by atoms with Crippen LogP contribution in [0, 0.1) is 5.41 Å². The van der Waals surface area contributed by atoms with Gasteiger partial charge in [0.15, 0.2) is 6.61 Å². The molecule has 0 aliphatic carbocycles. The first-order valence-electron chi connectivity index (χ1n) is 5.16. The SMILES string of the molecule is CC(C)(C)CC(C)(C)OC(=O)COC(N)=O. The maximum Gasteiger partial charge on any atom is 0.405 e. The first kappa shape index (κ1) is 14.7. The van der Waals surface area contributed by atoms with Gasteiger partial charge in [-0.3, -0.25) is 0 Å². The van der Waals surface area contributed by atoms with Crippen molar-refractivity contribution in [2.75, 3.05) is 6.61 Å². The van der Waals surface area contributed by atoms with Gasteiger partial charge in [0.25, 0.3) is 0 Å².